The van der Waals surface area contributed by atoms with Crippen LogP contribution in [0, 0.1) is 13.8 Å². The molecule has 142 valence electrons. The van der Waals surface area contributed by atoms with Gasteiger partial charge in [-0.3, -0.25) is 9.48 Å². The van der Waals surface area contributed by atoms with Gasteiger partial charge in [-0.2, -0.15) is 10.2 Å². The molecule has 0 bridgehead atoms. The van der Waals surface area contributed by atoms with Crippen molar-refractivity contribution in [3.8, 4) is 5.75 Å². The molecule has 3 aromatic rings. The molecule has 27 heavy (non-hydrogen) atoms. The zero-order chi connectivity index (χ0) is 19.2. The van der Waals surface area contributed by atoms with Gasteiger partial charge in [0.25, 0.3) is 5.91 Å². The molecule has 1 amide bonds. The molecule has 0 spiro atoms. The first kappa shape index (κ1) is 19.0. The van der Waals surface area contributed by atoms with Crippen molar-refractivity contribution in [2.75, 3.05) is 6.54 Å². The molecule has 0 saturated heterocycles. The van der Waals surface area contributed by atoms with Gasteiger partial charge in [0, 0.05) is 36.2 Å². The molecule has 8 heteroatoms. The molecule has 2 aromatic heterocycles. The average Bonchev–Trinajstić information content (AvgIpc) is 3.27. The Morgan fingerprint density at radius 1 is 1.26 bits per heavy atom. The summed E-state index contributed by atoms with van der Waals surface area (Å²) in [6.07, 6.45) is 4.29. The maximum atomic E-state index is 12.2. The van der Waals surface area contributed by atoms with Crippen molar-refractivity contribution in [1.29, 1.82) is 0 Å². The van der Waals surface area contributed by atoms with E-state index in [9.17, 15) is 4.79 Å². The normalized spacial score (nSPS) is 10.8. The van der Waals surface area contributed by atoms with Crippen molar-refractivity contribution < 1.29 is 9.53 Å². The lowest BCUT2D eigenvalue weighted by Crippen LogP contribution is -2.26. The highest BCUT2D eigenvalue weighted by atomic mass is 35.5. The van der Waals surface area contributed by atoms with Gasteiger partial charge < -0.3 is 10.1 Å². The molecule has 0 radical (unpaired) electrons. The third-order valence-corrected chi connectivity index (χ3v) is 4.36. The first-order valence-corrected chi connectivity index (χ1v) is 9.10. The van der Waals surface area contributed by atoms with E-state index in [2.05, 4.69) is 15.5 Å². The second-order valence-electron chi connectivity index (χ2n) is 6.23. The third-order valence-electron chi connectivity index (χ3n) is 4.12. The molecule has 0 atom stereocenters. The number of nitrogens with one attached hydrogen (secondary N) is 1. The van der Waals surface area contributed by atoms with Crippen LogP contribution in [0.4, 0.5) is 0 Å². The van der Waals surface area contributed by atoms with Crippen molar-refractivity contribution in [1.82, 2.24) is 24.9 Å². The highest BCUT2D eigenvalue weighted by Crippen LogP contribution is 2.22. The van der Waals surface area contributed by atoms with Crippen LogP contribution in [-0.4, -0.2) is 32.0 Å². The van der Waals surface area contributed by atoms with Crippen LogP contribution < -0.4 is 10.1 Å². The molecule has 0 fully saturated rings. The summed E-state index contributed by atoms with van der Waals surface area (Å²) in [5.74, 6) is 0.531. The number of carbonyl (C=O) groups excluding carboxylic acids is 1. The number of hydrogen-bond donors (Lipinski definition) is 1. The maximum absolute atomic E-state index is 12.2. The number of hydrogen-bond acceptors (Lipinski definition) is 4. The van der Waals surface area contributed by atoms with Crippen molar-refractivity contribution in [3.05, 3.63) is 64.7 Å². The lowest BCUT2D eigenvalue weighted by atomic mass is 10.2. The van der Waals surface area contributed by atoms with Gasteiger partial charge in [0.1, 0.15) is 11.4 Å². The Bertz CT molecular complexity index is 918. The van der Waals surface area contributed by atoms with Crippen LogP contribution >= 0.6 is 11.6 Å². The van der Waals surface area contributed by atoms with Gasteiger partial charge in [-0.05, 0) is 56.2 Å². The first-order valence-electron chi connectivity index (χ1n) is 8.72. The van der Waals surface area contributed by atoms with E-state index in [4.69, 9.17) is 16.3 Å². The average molecular weight is 388 g/mol. The Hall–Kier alpha value is -2.80. The summed E-state index contributed by atoms with van der Waals surface area (Å²) in [7, 11) is 0. The molecule has 7 nitrogen and oxygen atoms in total. The second kappa shape index (κ2) is 8.73. The Morgan fingerprint density at radius 3 is 2.85 bits per heavy atom. The number of aryl methyl sites for hydroxylation is 3. The van der Waals surface area contributed by atoms with Crippen LogP contribution in [0.15, 0.2) is 42.7 Å². The first-order chi connectivity index (χ1) is 13.0. The fraction of sp³-hybridized carbons (Fsp3) is 0.316. The highest BCUT2D eigenvalue weighted by molar-refractivity contribution is 6.30. The van der Waals surface area contributed by atoms with Gasteiger partial charge in [0.2, 0.25) is 0 Å². The summed E-state index contributed by atoms with van der Waals surface area (Å²) < 4.78 is 9.22. The Balaban J connectivity index is 1.45. The molecule has 0 aliphatic carbocycles. The topological polar surface area (TPSA) is 74.0 Å². The van der Waals surface area contributed by atoms with E-state index in [1.807, 2.05) is 36.7 Å². The van der Waals surface area contributed by atoms with Gasteiger partial charge in [-0.25, -0.2) is 4.68 Å². The van der Waals surface area contributed by atoms with Crippen LogP contribution in [0.25, 0.3) is 0 Å². The van der Waals surface area contributed by atoms with Gasteiger partial charge in [-0.15, -0.1) is 0 Å². The van der Waals surface area contributed by atoms with E-state index >= 15 is 0 Å². The molecule has 0 unspecified atom stereocenters. The van der Waals surface area contributed by atoms with Crippen molar-refractivity contribution in [2.24, 2.45) is 0 Å². The number of ether oxygens (including phenoxy) is 1. The Labute approximate surface area is 162 Å². The number of rotatable bonds is 8. The number of benzene rings is 1. The minimum Gasteiger partial charge on any atom is -0.471 e. The standard InChI is InChI=1S/C19H22ClN5O2/c1-14-12-16(20)4-5-18(14)27-13-24-11-7-17(23-24)19(26)21-8-3-10-25-15(2)6-9-22-25/h4-7,9,11-12H,3,8,10,13H2,1-2H3,(H,21,26). The molecule has 0 aliphatic heterocycles. The molecule has 1 N–H and O–H groups in total. The van der Waals surface area contributed by atoms with Gasteiger partial charge in [-0.1, -0.05) is 11.6 Å². The summed E-state index contributed by atoms with van der Waals surface area (Å²) in [5.41, 5.74) is 2.41. The maximum Gasteiger partial charge on any atom is 0.271 e. The van der Waals surface area contributed by atoms with E-state index in [1.54, 1.807) is 29.2 Å². The predicted octanol–water partition coefficient (Wildman–Crippen LogP) is 3.21. The molecule has 0 aliphatic rings. The number of amides is 1. The van der Waals surface area contributed by atoms with Crippen LogP contribution in [0.5, 0.6) is 5.75 Å². The Morgan fingerprint density at radius 2 is 2.11 bits per heavy atom. The summed E-state index contributed by atoms with van der Waals surface area (Å²) in [6, 6.07) is 9.06. The quantitative estimate of drug-likeness (QED) is 0.602. The third kappa shape index (κ3) is 5.10. The zero-order valence-electron chi connectivity index (χ0n) is 15.4. The molecule has 3 rings (SSSR count). The number of halogens is 1. The van der Waals surface area contributed by atoms with Gasteiger partial charge in [0.15, 0.2) is 6.73 Å². The fourth-order valence-electron chi connectivity index (χ4n) is 2.62. The van der Waals surface area contributed by atoms with E-state index in [-0.39, 0.29) is 12.6 Å². The largest absolute Gasteiger partial charge is 0.471 e. The van der Waals surface area contributed by atoms with Crippen LogP contribution in [-0.2, 0) is 13.3 Å². The monoisotopic (exact) mass is 387 g/mol. The van der Waals surface area contributed by atoms with Gasteiger partial charge >= 0.3 is 0 Å². The van der Waals surface area contributed by atoms with Crippen molar-refractivity contribution in [3.63, 3.8) is 0 Å². The fourth-order valence-corrected chi connectivity index (χ4v) is 2.85. The Kier molecular flexibility index (Phi) is 6.13. The van der Waals surface area contributed by atoms with Crippen molar-refractivity contribution in [2.45, 2.75) is 33.5 Å². The van der Waals surface area contributed by atoms with Crippen LogP contribution in [0.2, 0.25) is 5.02 Å². The molecular formula is C19H22ClN5O2. The summed E-state index contributed by atoms with van der Waals surface area (Å²) in [6.45, 7) is 5.47. The number of carbonyl (C=O) groups is 1. The highest BCUT2D eigenvalue weighted by Gasteiger charge is 2.09. The number of nitrogens with zero attached hydrogens (tertiary/aromatic N) is 4. The summed E-state index contributed by atoms with van der Waals surface area (Å²) in [5, 5.41) is 12.0. The molecule has 2 heterocycles. The van der Waals surface area contributed by atoms with E-state index in [1.165, 1.54) is 0 Å². The van der Waals surface area contributed by atoms with Crippen LogP contribution in [0.3, 0.4) is 0 Å². The lowest BCUT2D eigenvalue weighted by Gasteiger charge is -2.09. The summed E-state index contributed by atoms with van der Waals surface area (Å²) in [4.78, 5) is 12.2. The lowest BCUT2D eigenvalue weighted by molar-refractivity contribution is 0.0945. The van der Waals surface area contributed by atoms with Gasteiger partial charge in [0.05, 0.1) is 0 Å². The SMILES string of the molecule is Cc1cc(Cl)ccc1OCn1ccc(C(=O)NCCCn2nccc2C)n1. The second-order valence-corrected chi connectivity index (χ2v) is 6.67. The summed E-state index contributed by atoms with van der Waals surface area (Å²) >= 11 is 5.94. The minimum absolute atomic E-state index is 0.200. The molecular weight excluding hydrogens is 366 g/mol. The zero-order valence-corrected chi connectivity index (χ0v) is 16.1. The van der Waals surface area contributed by atoms with Crippen molar-refractivity contribution >= 4 is 17.5 Å². The smallest absolute Gasteiger partial charge is 0.271 e. The van der Waals surface area contributed by atoms with Crippen LogP contribution in [0.1, 0.15) is 28.2 Å². The molecule has 0 saturated carbocycles. The van der Waals surface area contributed by atoms with E-state index < -0.39 is 0 Å². The minimum atomic E-state index is -0.200. The predicted molar refractivity (Wildman–Crippen MR) is 103 cm³/mol. The van der Waals surface area contributed by atoms with E-state index in [0.29, 0.717) is 17.3 Å². The number of aromatic nitrogens is 4. The van der Waals surface area contributed by atoms with E-state index in [0.717, 1.165) is 30.0 Å². The molecule has 1 aromatic carbocycles.